The van der Waals surface area contributed by atoms with E-state index in [2.05, 4.69) is 12.1 Å². The Morgan fingerprint density at radius 3 is 2.42 bits per heavy atom. The molecule has 0 aromatic heterocycles. The summed E-state index contributed by atoms with van der Waals surface area (Å²) >= 11 is 0. The fraction of sp³-hybridized carbons (Fsp3) is 0.400. The monoisotopic (exact) mass is 163 g/mol. The molecule has 1 aliphatic rings. The Bertz CT molecular complexity index is 243. The summed E-state index contributed by atoms with van der Waals surface area (Å²) in [5, 5.41) is 0. The topological polar surface area (TPSA) is 35.2 Å². The van der Waals surface area contributed by atoms with Crippen LogP contribution in [0.3, 0.4) is 0 Å². The lowest BCUT2D eigenvalue weighted by Crippen LogP contribution is -2.37. The normalized spacial score (nSPS) is 20.1. The summed E-state index contributed by atoms with van der Waals surface area (Å²) in [6.45, 7) is 1.63. The van der Waals surface area contributed by atoms with E-state index in [4.69, 9.17) is 10.5 Å². The van der Waals surface area contributed by atoms with Crippen molar-refractivity contribution in [1.82, 2.24) is 0 Å². The first-order chi connectivity index (χ1) is 5.88. The van der Waals surface area contributed by atoms with E-state index in [1.165, 1.54) is 5.56 Å². The first-order valence-corrected chi connectivity index (χ1v) is 4.26. The van der Waals surface area contributed by atoms with Crippen molar-refractivity contribution >= 4 is 0 Å². The van der Waals surface area contributed by atoms with Crippen molar-refractivity contribution in [3.05, 3.63) is 35.9 Å². The van der Waals surface area contributed by atoms with Gasteiger partial charge < -0.3 is 10.5 Å². The summed E-state index contributed by atoms with van der Waals surface area (Å²) in [6, 6.07) is 10.4. The van der Waals surface area contributed by atoms with Crippen LogP contribution in [0.5, 0.6) is 0 Å². The first kappa shape index (κ1) is 7.77. The molecule has 0 unspecified atom stereocenters. The van der Waals surface area contributed by atoms with E-state index in [1.807, 2.05) is 18.2 Å². The van der Waals surface area contributed by atoms with Gasteiger partial charge in [-0.3, -0.25) is 0 Å². The summed E-state index contributed by atoms with van der Waals surface area (Å²) < 4.78 is 5.10. The molecule has 0 aliphatic carbocycles. The van der Waals surface area contributed by atoms with Crippen LogP contribution in [0.25, 0.3) is 0 Å². The van der Waals surface area contributed by atoms with Crippen LogP contribution < -0.4 is 5.73 Å². The Kier molecular flexibility index (Phi) is 2.11. The fourth-order valence-electron chi connectivity index (χ4n) is 1.41. The Balaban J connectivity index is 2.08. The van der Waals surface area contributed by atoms with Crippen LogP contribution in [0.4, 0.5) is 0 Å². The molecule has 1 atom stereocenters. The smallest absolute Gasteiger partial charge is 0.0534 e. The molecule has 0 saturated carbocycles. The number of hydrogen-bond donors (Lipinski definition) is 1. The molecular weight excluding hydrogens is 150 g/mol. The van der Waals surface area contributed by atoms with Crippen molar-refractivity contribution in [2.45, 2.75) is 6.04 Å². The van der Waals surface area contributed by atoms with Gasteiger partial charge in [0.15, 0.2) is 0 Å². The highest BCUT2D eigenvalue weighted by atomic mass is 16.5. The average molecular weight is 163 g/mol. The molecule has 1 aromatic rings. The van der Waals surface area contributed by atoms with E-state index in [1.54, 1.807) is 0 Å². The molecule has 0 spiro atoms. The Hall–Kier alpha value is -0.860. The third-order valence-electron chi connectivity index (χ3n) is 2.36. The molecule has 2 heteroatoms. The van der Waals surface area contributed by atoms with E-state index in [0.717, 1.165) is 13.2 Å². The van der Waals surface area contributed by atoms with Crippen molar-refractivity contribution in [3.63, 3.8) is 0 Å². The van der Waals surface area contributed by atoms with E-state index in [9.17, 15) is 0 Å². The van der Waals surface area contributed by atoms with Gasteiger partial charge >= 0.3 is 0 Å². The molecule has 0 bridgehead atoms. The minimum Gasteiger partial charge on any atom is -0.381 e. The second-order valence-electron chi connectivity index (χ2n) is 3.23. The molecule has 2 rings (SSSR count). The third-order valence-corrected chi connectivity index (χ3v) is 2.36. The van der Waals surface area contributed by atoms with E-state index < -0.39 is 0 Å². The zero-order valence-corrected chi connectivity index (χ0v) is 6.94. The van der Waals surface area contributed by atoms with Crippen molar-refractivity contribution in [2.75, 3.05) is 13.2 Å². The molecule has 2 nitrogen and oxygen atoms in total. The Labute approximate surface area is 72.3 Å². The SMILES string of the molecule is N[C@H](c1ccccc1)C1COC1. The van der Waals surface area contributed by atoms with E-state index in [-0.39, 0.29) is 6.04 Å². The lowest BCUT2D eigenvalue weighted by atomic mass is 9.93. The summed E-state index contributed by atoms with van der Waals surface area (Å²) in [6.07, 6.45) is 0. The van der Waals surface area contributed by atoms with E-state index >= 15 is 0 Å². The standard InChI is InChI=1S/C10H13NO/c11-10(9-6-12-7-9)8-4-2-1-3-5-8/h1-5,9-10H,6-7,11H2/t10-/m1/s1. The van der Waals surface area contributed by atoms with E-state index in [0.29, 0.717) is 5.92 Å². The van der Waals surface area contributed by atoms with Crippen LogP contribution in [0.15, 0.2) is 30.3 Å². The maximum atomic E-state index is 6.02. The number of hydrogen-bond acceptors (Lipinski definition) is 2. The number of ether oxygens (including phenoxy) is 1. The summed E-state index contributed by atoms with van der Waals surface area (Å²) in [4.78, 5) is 0. The highest BCUT2D eigenvalue weighted by Crippen LogP contribution is 2.25. The fourth-order valence-corrected chi connectivity index (χ4v) is 1.41. The minimum absolute atomic E-state index is 0.153. The van der Waals surface area contributed by atoms with Crippen molar-refractivity contribution in [1.29, 1.82) is 0 Å². The van der Waals surface area contributed by atoms with Gasteiger partial charge in [0.2, 0.25) is 0 Å². The molecule has 2 N–H and O–H groups in total. The molecule has 1 saturated heterocycles. The van der Waals surface area contributed by atoms with Gasteiger partial charge in [0.05, 0.1) is 13.2 Å². The molecule has 0 amide bonds. The van der Waals surface area contributed by atoms with Gasteiger partial charge in [-0.05, 0) is 5.56 Å². The zero-order chi connectivity index (χ0) is 8.39. The maximum Gasteiger partial charge on any atom is 0.0534 e. The van der Waals surface area contributed by atoms with Gasteiger partial charge in [-0.2, -0.15) is 0 Å². The van der Waals surface area contributed by atoms with Gasteiger partial charge in [0.1, 0.15) is 0 Å². The number of rotatable bonds is 2. The summed E-state index contributed by atoms with van der Waals surface area (Å²) in [5.74, 6) is 0.521. The molecule has 0 radical (unpaired) electrons. The number of nitrogens with two attached hydrogens (primary N) is 1. The van der Waals surface area contributed by atoms with Crippen LogP contribution >= 0.6 is 0 Å². The highest BCUT2D eigenvalue weighted by molar-refractivity contribution is 5.19. The first-order valence-electron chi connectivity index (χ1n) is 4.26. The summed E-state index contributed by atoms with van der Waals surface area (Å²) in [5.41, 5.74) is 7.23. The maximum absolute atomic E-state index is 6.02. The minimum atomic E-state index is 0.153. The van der Waals surface area contributed by atoms with Crippen LogP contribution in [0.2, 0.25) is 0 Å². The highest BCUT2D eigenvalue weighted by Gasteiger charge is 2.26. The Morgan fingerprint density at radius 1 is 1.25 bits per heavy atom. The van der Waals surface area contributed by atoms with Gasteiger partial charge in [-0.1, -0.05) is 30.3 Å². The Morgan fingerprint density at radius 2 is 1.92 bits per heavy atom. The van der Waals surface area contributed by atoms with Gasteiger partial charge in [-0.15, -0.1) is 0 Å². The van der Waals surface area contributed by atoms with Gasteiger partial charge in [-0.25, -0.2) is 0 Å². The predicted molar refractivity (Wildman–Crippen MR) is 47.7 cm³/mol. The number of benzene rings is 1. The van der Waals surface area contributed by atoms with Crippen LogP contribution in [0.1, 0.15) is 11.6 Å². The van der Waals surface area contributed by atoms with Crippen LogP contribution in [-0.2, 0) is 4.74 Å². The molecule has 1 heterocycles. The molecule has 64 valence electrons. The zero-order valence-electron chi connectivity index (χ0n) is 6.94. The second kappa shape index (κ2) is 3.25. The second-order valence-corrected chi connectivity index (χ2v) is 3.23. The van der Waals surface area contributed by atoms with Crippen molar-refractivity contribution in [2.24, 2.45) is 11.7 Å². The lowest BCUT2D eigenvalue weighted by Gasteiger charge is -2.31. The third kappa shape index (κ3) is 1.36. The van der Waals surface area contributed by atoms with Gasteiger partial charge in [0, 0.05) is 12.0 Å². The quantitative estimate of drug-likeness (QED) is 0.714. The molecular formula is C10H13NO. The molecule has 1 aromatic carbocycles. The molecule has 12 heavy (non-hydrogen) atoms. The average Bonchev–Trinajstić information content (AvgIpc) is 2.03. The lowest BCUT2D eigenvalue weighted by molar-refractivity contribution is -0.0441. The van der Waals surface area contributed by atoms with Crippen LogP contribution in [-0.4, -0.2) is 13.2 Å². The van der Waals surface area contributed by atoms with Gasteiger partial charge in [0.25, 0.3) is 0 Å². The molecule has 1 fully saturated rings. The summed E-state index contributed by atoms with van der Waals surface area (Å²) in [7, 11) is 0. The largest absolute Gasteiger partial charge is 0.381 e. The van der Waals surface area contributed by atoms with Crippen molar-refractivity contribution < 1.29 is 4.74 Å². The molecule has 1 aliphatic heterocycles. The van der Waals surface area contributed by atoms with Crippen LogP contribution in [0, 0.1) is 5.92 Å². The predicted octanol–water partition coefficient (Wildman–Crippen LogP) is 1.33. The van der Waals surface area contributed by atoms with Crippen molar-refractivity contribution in [3.8, 4) is 0 Å².